The zero-order valence-electron chi connectivity index (χ0n) is 12.8. The van der Waals surface area contributed by atoms with Gasteiger partial charge in [-0.1, -0.05) is 12.1 Å². The molecule has 0 amide bonds. The molecule has 1 unspecified atom stereocenters. The van der Waals surface area contributed by atoms with E-state index in [9.17, 15) is 0 Å². The maximum atomic E-state index is 6.16. The maximum absolute atomic E-state index is 6.16. The number of likely N-dealkylation sites (tertiary alicyclic amines) is 1. The van der Waals surface area contributed by atoms with Gasteiger partial charge < -0.3 is 9.32 Å². The second-order valence-electron chi connectivity index (χ2n) is 6.09. The van der Waals surface area contributed by atoms with Crippen LogP contribution in [-0.4, -0.2) is 29.0 Å². The lowest BCUT2D eigenvalue weighted by Gasteiger charge is -2.19. The summed E-state index contributed by atoms with van der Waals surface area (Å²) in [5, 5.41) is 3.25. The molecule has 0 saturated carbocycles. The molecule has 3 heterocycles. The second kappa shape index (κ2) is 5.86. The van der Waals surface area contributed by atoms with Crippen LogP contribution in [0.25, 0.3) is 22.2 Å². The highest BCUT2D eigenvalue weighted by Crippen LogP contribution is 2.31. The first kappa shape index (κ1) is 14.0. The monoisotopic (exact) mass is 312 g/mol. The zero-order valence-corrected chi connectivity index (χ0v) is 13.6. The van der Waals surface area contributed by atoms with Gasteiger partial charge in [-0.15, -0.1) is 11.3 Å². The molecular weight excluding hydrogens is 292 g/mol. The van der Waals surface area contributed by atoms with Gasteiger partial charge in [0.25, 0.3) is 0 Å². The van der Waals surface area contributed by atoms with Crippen molar-refractivity contribution >= 4 is 22.3 Å². The third-order valence-electron chi connectivity index (χ3n) is 4.64. The largest absolute Gasteiger partial charge is 0.460 e. The molecule has 0 spiro atoms. The van der Waals surface area contributed by atoms with Gasteiger partial charge in [-0.05, 0) is 38.4 Å². The van der Waals surface area contributed by atoms with E-state index in [2.05, 4.69) is 46.5 Å². The summed E-state index contributed by atoms with van der Waals surface area (Å²) in [6, 6.07) is 9.20. The van der Waals surface area contributed by atoms with Crippen LogP contribution < -0.4 is 0 Å². The molecule has 1 aliphatic heterocycles. The minimum Gasteiger partial charge on any atom is -0.460 e. The summed E-state index contributed by atoms with van der Waals surface area (Å²) in [6.45, 7) is 4.64. The minimum absolute atomic E-state index is 0.718. The Morgan fingerprint density at radius 3 is 3.14 bits per heavy atom. The van der Waals surface area contributed by atoms with Crippen molar-refractivity contribution in [3.63, 3.8) is 0 Å². The summed E-state index contributed by atoms with van der Waals surface area (Å²) in [6.07, 6.45) is 3.64. The predicted molar refractivity (Wildman–Crippen MR) is 91.3 cm³/mol. The van der Waals surface area contributed by atoms with Crippen molar-refractivity contribution in [2.24, 2.45) is 0 Å². The highest BCUT2D eigenvalue weighted by molar-refractivity contribution is 7.07. The molecule has 1 atom stereocenters. The lowest BCUT2D eigenvalue weighted by molar-refractivity contribution is 0.266. The SMILES string of the molecule is CC1CCCN1CCc1cc2cccc(-c3cscn3)c2o1. The molecule has 114 valence electrons. The fraction of sp³-hybridized carbons (Fsp3) is 0.389. The number of benzene rings is 1. The summed E-state index contributed by atoms with van der Waals surface area (Å²) in [5.41, 5.74) is 4.94. The minimum atomic E-state index is 0.718. The van der Waals surface area contributed by atoms with E-state index in [4.69, 9.17) is 4.42 Å². The van der Waals surface area contributed by atoms with E-state index in [0.717, 1.165) is 41.6 Å². The Labute approximate surface area is 134 Å². The van der Waals surface area contributed by atoms with Crippen molar-refractivity contribution in [1.29, 1.82) is 0 Å². The molecule has 0 bridgehead atoms. The summed E-state index contributed by atoms with van der Waals surface area (Å²) in [7, 11) is 0. The highest BCUT2D eigenvalue weighted by Gasteiger charge is 2.20. The van der Waals surface area contributed by atoms with Crippen molar-refractivity contribution in [3.8, 4) is 11.3 Å². The normalized spacial score (nSPS) is 19.2. The first-order chi connectivity index (χ1) is 10.8. The van der Waals surface area contributed by atoms with Crippen molar-refractivity contribution < 1.29 is 4.42 Å². The molecule has 1 aliphatic rings. The van der Waals surface area contributed by atoms with Crippen LogP contribution in [0.15, 0.2) is 39.6 Å². The van der Waals surface area contributed by atoms with Gasteiger partial charge in [-0.2, -0.15) is 0 Å². The van der Waals surface area contributed by atoms with Crippen LogP contribution in [0.5, 0.6) is 0 Å². The van der Waals surface area contributed by atoms with Crippen LogP contribution in [0.1, 0.15) is 25.5 Å². The molecule has 4 rings (SSSR count). The summed E-state index contributed by atoms with van der Waals surface area (Å²) >= 11 is 1.62. The Balaban J connectivity index is 1.59. The van der Waals surface area contributed by atoms with E-state index < -0.39 is 0 Å². The first-order valence-electron chi connectivity index (χ1n) is 7.95. The van der Waals surface area contributed by atoms with Crippen molar-refractivity contribution in [3.05, 3.63) is 40.9 Å². The van der Waals surface area contributed by atoms with Gasteiger partial charge in [-0.3, -0.25) is 0 Å². The zero-order chi connectivity index (χ0) is 14.9. The van der Waals surface area contributed by atoms with Gasteiger partial charge in [0, 0.05) is 35.3 Å². The molecule has 2 aromatic heterocycles. The molecule has 0 aliphatic carbocycles. The second-order valence-corrected chi connectivity index (χ2v) is 6.81. The van der Waals surface area contributed by atoms with Gasteiger partial charge in [0.2, 0.25) is 0 Å². The number of fused-ring (bicyclic) bond motifs is 1. The third kappa shape index (κ3) is 2.57. The quantitative estimate of drug-likeness (QED) is 0.706. The van der Waals surface area contributed by atoms with Gasteiger partial charge in [0.15, 0.2) is 0 Å². The van der Waals surface area contributed by atoms with Crippen LogP contribution in [0.4, 0.5) is 0 Å². The molecule has 1 saturated heterocycles. The average molecular weight is 312 g/mol. The molecule has 4 heteroatoms. The number of rotatable bonds is 4. The summed E-state index contributed by atoms with van der Waals surface area (Å²) < 4.78 is 6.16. The summed E-state index contributed by atoms with van der Waals surface area (Å²) in [4.78, 5) is 6.98. The molecule has 1 fully saturated rings. The molecule has 0 N–H and O–H groups in total. The Hall–Kier alpha value is -1.65. The molecule has 1 aromatic carbocycles. The molecule has 0 radical (unpaired) electrons. The number of furan rings is 1. The number of aromatic nitrogens is 1. The molecule has 3 aromatic rings. The number of nitrogens with zero attached hydrogens (tertiary/aromatic N) is 2. The average Bonchev–Trinajstić information content (AvgIpc) is 3.25. The number of thiazole rings is 1. The summed E-state index contributed by atoms with van der Waals surface area (Å²) in [5.74, 6) is 1.08. The van der Waals surface area contributed by atoms with Crippen molar-refractivity contribution in [2.75, 3.05) is 13.1 Å². The maximum Gasteiger partial charge on any atom is 0.143 e. The van der Waals surface area contributed by atoms with Crippen molar-refractivity contribution in [1.82, 2.24) is 9.88 Å². The van der Waals surface area contributed by atoms with E-state index in [-0.39, 0.29) is 0 Å². The Kier molecular flexibility index (Phi) is 3.72. The fourth-order valence-corrected chi connectivity index (χ4v) is 3.92. The molecular formula is C18H20N2OS. The van der Waals surface area contributed by atoms with Crippen LogP contribution >= 0.6 is 11.3 Å². The van der Waals surface area contributed by atoms with E-state index >= 15 is 0 Å². The Bertz CT molecular complexity index is 763. The lowest BCUT2D eigenvalue weighted by atomic mass is 10.1. The Morgan fingerprint density at radius 2 is 2.36 bits per heavy atom. The standard InChI is InChI=1S/C18H20N2OS/c1-13-4-3-8-20(13)9-7-15-10-14-5-2-6-16(18(14)21-15)17-11-22-12-19-17/h2,5-6,10-13H,3-4,7-9H2,1H3. The highest BCUT2D eigenvalue weighted by atomic mass is 32.1. The fourth-order valence-electron chi connectivity index (χ4n) is 3.37. The predicted octanol–water partition coefficient (Wildman–Crippen LogP) is 4.58. The number of hydrogen-bond acceptors (Lipinski definition) is 4. The molecule has 22 heavy (non-hydrogen) atoms. The van der Waals surface area contributed by atoms with E-state index in [1.54, 1.807) is 11.3 Å². The van der Waals surface area contributed by atoms with E-state index in [1.807, 2.05) is 5.51 Å². The first-order valence-corrected chi connectivity index (χ1v) is 8.89. The van der Waals surface area contributed by atoms with Gasteiger partial charge in [-0.25, -0.2) is 4.98 Å². The number of hydrogen-bond donors (Lipinski definition) is 0. The van der Waals surface area contributed by atoms with Crippen LogP contribution in [0.2, 0.25) is 0 Å². The van der Waals surface area contributed by atoms with Crippen LogP contribution in [0.3, 0.4) is 0 Å². The number of para-hydroxylation sites is 1. The van der Waals surface area contributed by atoms with Crippen molar-refractivity contribution in [2.45, 2.75) is 32.2 Å². The van der Waals surface area contributed by atoms with E-state index in [0.29, 0.717) is 0 Å². The topological polar surface area (TPSA) is 29.3 Å². The third-order valence-corrected chi connectivity index (χ3v) is 5.23. The van der Waals surface area contributed by atoms with E-state index in [1.165, 1.54) is 24.8 Å². The van der Waals surface area contributed by atoms with Gasteiger partial charge in [0.05, 0.1) is 11.2 Å². The lowest BCUT2D eigenvalue weighted by Crippen LogP contribution is -2.28. The molecule has 3 nitrogen and oxygen atoms in total. The van der Waals surface area contributed by atoms with Gasteiger partial charge >= 0.3 is 0 Å². The Morgan fingerprint density at radius 1 is 1.41 bits per heavy atom. The smallest absolute Gasteiger partial charge is 0.143 e. The van der Waals surface area contributed by atoms with Crippen LogP contribution in [0, 0.1) is 0 Å². The van der Waals surface area contributed by atoms with Crippen LogP contribution in [-0.2, 0) is 6.42 Å². The van der Waals surface area contributed by atoms with Gasteiger partial charge in [0.1, 0.15) is 11.3 Å².